The van der Waals surface area contributed by atoms with E-state index in [-0.39, 0.29) is 12.4 Å². The molecule has 7 nitrogen and oxygen atoms in total. The molecule has 7 heteroatoms. The molecule has 0 bridgehead atoms. The molecule has 30 heavy (non-hydrogen) atoms. The van der Waals surface area contributed by atoms with E-state index in [0.29, 0.717) is 50.8 Å². The van der Waals surface area contributed by atoms with E-state index in [0.717, 1.165) is 0 Å². The maximum absolute atomic E-state index is 13.1. The molecule has 0 atom stereocenters. The lowest BCUT2D eigenvalue weighted by molar-refractivity contribution is 0.158. The quantitative estimate of drug-likeness (QED) is 0.595. The van der Waals surface area contributed by atoms with Gasteiger partial charge < -0.3 is 28.1 Å². The number of rotatable bonds is 3. The molecule has 0 N–H and O–H groups in total. The standard InChI is InChI=1S/C23H20O7/c1-23(2)8-7-13-15(30-23)10-17(25-3)19-20(13)29-22(24)18(21(19)26-4)12-5-6-14-16(9-12)28-11-27-14/h5-10H,11H2,1-4H3. The second-order valence-electron chi connectivity index (χ2n) is 7.60. The molecule has 5 rings (SSSR count). The highest BCUT2D eigenvalue weighted by atomic mass is 16.7. The van der Waals surface area contributed by atoms with Crippen molar-refractivity contribution >= 4 is 17.0 Å². The van der Waals surface area contributed by atoms with Crippen molar-refractivity contribution in [2.45, 2.75) is 19.4 Å². The Morgan fingerprint density at radius 3 is 2.57 bits per heavy atom. The Bertz CT molecular complexity index is 1270. The van der Waals surface area contributed by atoms with Crippen LogP contribution in [0.25, 0.3) is 28.2 Å². The van der Waals surface area contributed by atoms with Gasteiger partial charge in [-0.3, -0.25) is 0 Å². The highest BCUT2D eigenvalue weighted by molar-refractivity contribution is 6.01. The lowest BCUT2D eigenvalue weighted by Gasteiger charge is -2.28. The number of ether oxygens (including phenoxy) is 5. The lowest BCUT2D eigenvalue weighted by atomic mass is 9.97. The van der Waals surface area contributed by atoms with E-state index in [2.05, 4.69) is 0 Å². The second kappa shape index (κ2) is 6.45. The zero-order valence-corrected chi connectivity index (χ0v) is 17.0. The molecule has 0 saturated carbocycles. The summed E-state index contributed by atoms with van der Waals surface area (Å²) in [6, 6.07) is 7.04. The van der Waals surface area contributed by atoms with Crippen molar-refractivity contribution in [1.82, 2.24) is 0 Å². The number of hydrogen-bond acceptors (Lipinski definition) is 7. The summed E-state index contributed by atoms with van der Waals surface area (Å²) in [5.74, 6) is 2.60. The highest BCUT2D eigenvalue weighted by Gasteiger charge is 2.29. The van der Waals surface area contributed by atoms with Crippen molar-refractivity contribution in [3.63, 3.8) is 0 Å². The Labute approximate surface area is 172 Å². The number of benzene rings is 2. The van der Waals surface area contributed by atoms with Gasteiger partial charge in [-0.2, -0.15) is 0 Å². The zero-order valence-electron chi connectivity index (χ0n) is 17.0. The van der Waals surface area contributed by atoms with E-state index in [1.165, 1.54) is 7.11 Å². The monoisotopic (exact) mass is 408 g/mol. The first-order valence-corrected chi connectivity index (χ1v) is 9.46. The average molecular weight is 408 g/mol. The van der Waals surface area contributed by atoms with Crippen molar-refractivity contribution < 1.29 is 28.1 Å². The van der Waals surface area contributed by atoms with Crippen molar-refractivity contribution in [3.05, 3.63) is 46.3 Å². The van der Waals surface area contributed by atoms with E-state index >= 15 is 0 Å². The van der Waals surface area contributed by atoms with Gasteiger partial charge in [0, 0.05) is 6.07 Å². The summed E-state index contributed by atoms with van der Waals surface area (Å²) >= 11 is 0. The summed E-state index contributed by atoms with van der Waals surface area (Å²) in [4.78, 5) is 13.1. The van der Waals surface area contributed by atoms with E-state index in [9.17, 15) is 4.79 Å². The summed E-state index contributed by atoms with van der Waals surface area (Å²) in [6.07, 6.45) is 3.81. The minimum atomic E-state index is -0.535. The van der Waals surface area contributed by atoms with E-state index in [1.54, 1.807) is 31.4 Å². The first kappa shape index (κ1) is 18.4. The molecule has 0 amide bonds. The molecule has 0 unspecified atom stereocenters. The van der Waals surface area contributed by atoms with E-state index in [4.69, 9.17) is 28.1 Å². The molecule has 0 spiro atoms. The van der Waals surface area contributed by atoms with Crippen LogP contribution in [0.15, 0.2) is 39.6 Å². The van der Waals surface area contributed by atoms with Gasteiger partial charge in [-0.25, -0.2) is 4.79 Å². The van der Waals surface area contributed by atoms with Gasteiger partial charge in [0.15, 0.2) is 17.1 Å². The summed E-state index contributed by atoms with van der Waals surface area (Å²) in [5, 5.41) is 0.555. The third-order valence-corrected chi connectivity index (χ3v) is 5.21. The predicted octanol–water partition coefficient (Wildman–Crippen LogP) is 4.39. The van der Waals surface area contributed by atoms with Crippen LogP contribution in [0.2, 0.25) is 0 Å². The van der Waals surface area contributed by atoms with Gasteiger partial charge in [0.25, 0.3) is 0 Å². The molecule has 0 radical (unpaired) electrons. The van der Waals surface area contributed by atoms with Gasteiger partial charge in [0.1, 0.15) is 33.8 Å². The van der Waals surface area contributed by atoms with Gasteiger partial charge in [-0.1, -0.05) is 6.07 Å². The fraction of sp³-hybridized carbons (Fsp3) is 0.261. The Kier molecular flexibility index (Phi) is 3.96. The normalized spacial score (nSPS) is 15.6. The van der Waals surface area contributed by atoms with Crippen molar-refractivity contribution in [3.8, 4) is 39.9 Å². The van der Waals surface area contributed by atoms with Crippen LogP contribution in [0.1, 0.15) is 19.4 Å². The summed E-state index contributed by atoms with van der Waals surface area (Å²) < 4.78 is 34.0. The zero-order chi connectivity index (χ0) is 21.0. The molecular weight excluding hydrogens is 388 g/mol. The van der Waals surface area contributed by atoms with Crippen LogP contribution in [0.3, 0.4) is 0 Å². The minimum Gasteiger partial charge on any atom is -0.496 e. The maximum Gasteiger partial charge on any atom is 0.348 e. The fourth-order valence-electron chi connectivity index (χ4n) is 3.82. The highest BCUT2D eigenvalue weighted by Crippen LogP contribution is 2.47. The molecule has 3 aromatic rings. The number of hydrogen-bond donors (Lipinski definition) is 0. The molecule has 1 aromatic heterocycles. The first-order chi connectivity index (χ1) is 14.4. The topological polar surface area (TPSA) is 76.4 Å². The van der Waals surface area contributed by atoms with Crippen LogP contribution in [0.5, 0.6) is 28.7 Å². The smallest absolute Gasteiger partial charge is 0.348 e. The van der Waals surface area contributed by atoms with Gasteiger partial charge in [0.05, 0.1) is 19.8 Å². The van der Waals surface area contributed by atoms with E-state index in [1.807, 2.05) is 26.0 Å². The number of fused-ring (bicyclic) bond motifs is 4. The predicted molar refractivity (Wildman–Crippen MR) is 111 cm³/mol. The molecule has 0 saturated heterocycles. The van der Waals surface area contributed by atoms with Crippen molar-refractivity contribution in [2.75, 3.05) is 21.0 Å². The molecule has 2 aromatic carbocycles. The molecule has 2 aliphatic rings. The van der Waals surface area contributed by atoms with Crippen molar-refractivity contribution in [2.24, 2.45) is 0 Å². The van der Waals surface area contributed by atoms with Crippen LogP contribution >= 0.6 is 0 Å². The average Bonchev–Trinajstić information content (AvgIpc) is 3.19. The third-order valence-electron chi connectivity index (χ3n) is 5.21. The lowest BCUT2D eigenvalue weighted by Crippen LogP contribution is -2.27. The van der Waals surface area contributed by atoms with Crippen LogP contribution < -0.4 is 29.3 Å². The number of methoxy groups -OCH3 is 2. The van der Waals surface area contributed by atoms with Crippen LogP contribution in [0, 0.1) is 0 Å². The van der Waals surface area contributed by atoms with Gasteiger partial charge >= 0.3 is 5.63 Å². The maximum atomic E-state index is 13.1. The van der Waals surface area contributed by atoms with Crippen LogP contribution in [0.4, 0.5) is 0 Å². The third kappa shape index (κ3) is 2.69. The summed E-state index contributed by atoms with van der Waals surface area (Å²) in [7, 11) is 3.06. The molecule has 0 aliphatic carbocycles. The molecule has 0 fully saturated rings. The largest absolute Gasteiger partial charge is 0.496 e. The fourth-order valence-corrected chi connectivity index (χ4v) is 3.82. The van der Waals surface area contributed by atoms with Crippen LogP contribution in [-0.2, 0) is 0 Å². The summed E-state index contributed by atoms with van der Waals surface area (Å²) in [6.45, 7) is 4.04. The van der Waals surface area contributed by atoms with Crippen molar-refractivity contribution in [1.29, 1.82) is 0 Å². The molecule has 2 aliphatic heterocycles. The molecular formula is C23H20O7. The Morgan fingerprint density at radius 1 is 1.00 bits per heavy atom. The molecule has 154 valence electrons. The van der Waals surface area contributed by atoms with E-state index < -0.39 is 11.2 Å². The van der Waals surface area contributed by atoms with Gasteiger partial charge in [-0.05, 0) is 43.7 Å². The Balaban J connectivity index is 1.83. The van der Waals surface area contributed by atoms with Gasteiger partial charge in [0.2, 0.25) is 6.79 Å². The first-order valence-electron chi connectivity index (χ1n) is 9.46. The molecule has 3 heterocycles. The minimum absolute atomic E-state index is 0.144. The second-order valence-corrected chi connectivity index (χ2v) is 7.60. The SMILES string of the molecule is COc1cc2c(c3oc(=O)c(-c4ccc5c(c4)OCO5)c(OC)c13)C=CC(C)(C)O2. The van der Waals surface area contributed by atoms with Gasteiger partial charge in [-0.15, -0.1) is 0 Å². The summed E-state index contributed by atoms with van der Waals surface area (Å²) in [5.41, 5.74) is 0.872. The Morgan fingerprint density at radius 2 is 1.80 bits per heavy atom. The van der Waals surface area contributed by atoms with Crippen LogP contribution in [-0.4, -0.2) is 26.6 Å². The Hall–Kier alpha value is -3.61.